The van der Waals surface area contributed by atoms with Crippen LogP contribution in [0.2, 0.25) is 10.0 Å². The van der Waals surface area contributed by atoms with Crippen molar-refractivity contribution in [2.45, 2.75) is 13.3 Å². The van der Waals surface area contributed by atoms with Gasteiger partial charge in [-0.1, -0.05) is 30.1 Å². The van der Waals surface area contributed by atoms with Crippen LogP contribution >= 0.6 is 23.2 Å². The van der Waals surface area contributed by atoms with Gasteiger partial charge in [0.05, 0.1) is 27.2 Å². The second-order valence-corrected chi connectivity index (χ2v) is 6.62. The topological polar surface area (TPSA) is 116 Å². The molecule has 28 heavy (non-hydrogen) atoms. The summed E-state index contributed by atoms with van der Waals surface area (Å²) in [6.07, 6.45) is 3.69. The number of hydrogen-bond donors (Lipinski definition) is 2. The standard InChI is InChI=1S/C18H12Cl2N8/c1-2-10-5-13(23-7-22-10)26-17-15-18(25-8-24-17)28-16(27-15)14-11(19)3-9(6-21)4-12(14)20/h3-5,7-8H,2H2,1H3,(H2,22,23,24,25,26,27,28). The Morgan fingerprint density at radius 2 is 1.82 bits per heavy atom. The van der Waals surface area contributed by atoms with Gasteiger partial charge in [-0.3, -0.25) is 0 Å². The van der Waals surface area contributed by atoms with Gasteiger partial charge >= 0.3 is 0 Å². The maximum absolute atomic E-state index is 9.05. The first-order valence-corrected chi connectivity index (χ1v) is 9.02. The van der Waals surface area contributed by atoms with Crippen LogP contribution in [-0.4, -0.2) is 29.9 Å². The molecule has 3 heterocycles. The third-order valence-corrected chi connectivity index (χ3v) is 4.62. The molecule has 1 aromatic carbocycles. The lowest BCUT2D eigenvalue weighted by molar-refractivity contribution is 0.999. The van der Waals surface area contributed by atoms with Crippen molar-refractivity contribution in [3.8, 4) is 17.5 Å². The summed E-state index contributed by atoms with van der Waals surface area (Å²) in [6.45, 7) is 2.02. The first kappa shape index (κ1) is 18.1. The number of H-pyrrole nitrogens is 1. The minimum atomic E-state index is 0.314. The zero-order chi connectivity index (χ0) is 19.7. The molecule has 0 aliphatic carbocycles. The Bertz CT molecular complexity index is 1200. The first-order chi connectivity index (χ1) is 13.6. The Kier molecular flexibility index (Phi) is 4.77. The molecular formula is C18H12Cl2N8. The van der Waals surface area contributed by atoms with E-state index in [0.29, 0.717) is 49.8 Å². The zero-order valence-corrected chi connectivity index (χ0v) is 16.0. The van der Waals surface area contributed by atoms with Crippen molar-refractivity contribution in [2.75, 3.05) is 5.32 Å². The summed E-state index contributed by atoms with van der Waals surface area (Å²) in [6, 6.07) is 6.93. The maximum atomic E-state index is 9.05. The fraction of sp³-hybridized carbons (Fsp3) is 0.111. The number of aryl methyl sites for hydroxylation is 1. The van der Waals surface area contributed by atoms with E-state index < -0.39 is 0 Å². The van der Waals surface area contributed by atoms with Crippen LogP contribution in [0.3, 0.4) is 0 Å². The second-order valence-electron chi connectivity index (χ2n) is 5.81. The van der Waals surface area contributed by atoms with Gasteiger partial charge in [-0.25, -0.2) is 24.9 Å². The molecule has 0 amide bonds. The Morgan fingerprint density at radius 1 is 1.07 bits per heavy atom. The van der Waals surface area contributed by atoms with Crippen LogP contribution in [0.15, 0.2) is 30.9 Å². The third-order valence-electron chi connectivity index (χ3n) is 4.03. The van der Waals surface area contributed by atoms with E-state index >= 15 is 0 Å². The molecule has 0 atom stereocenters. The summed E-state index contributed by atoms with van der Waals surface area (Å²) in [5.41, 5.74) is 2.78. The van der Waals surface area contributed by atoms with Crippen molar-refractivity contribution in [2.24, 2.45) is 0 Å². The van der Waals surface area contributed by atoms with Gasteiger partial charge in [-0.05, 0) is 18.6 Å². The molecule has 0 fully saturated rings. The van der Waals surface area contributed by atoms with Gasteiger partial charge in [-0.2, -0.15) is 5.26 Å². The first-order valence-electron chi connectivity index (χ1n) is 8.27. The van der Waals surface area contributed by atoms with Gasteiger partial charge in [0.1, 0.15) is 29.8 Å². The molecule has 0 aliphatic heterocycles. The number of nitrogens with zero attached hydrogens (tertiary/aromatic N) is 6. The van der Waals surface area contributed by atoms with Gasteiger partial charge in [-0.15, -0.1) is 0 Å². The summed E-state index contributed by atoms with van der Waals surface area (Å²) < 4.78 is 0. The molecule has 0 radical (unpaired) electrons. The van der Waals surface area contributed by atoms with Gasteiger partial charge in [0.25, 0.3) is 0 Å². The lowest BCUT2D eigenvalue weighted by atomic mass is 10.1. The van der Waals surface area contributed by atoms with Crippen LogP contribution in [0, 0.1) is 11.3 Å². The highest BCUT2D eigenvalue weighted by Crippen LogP contribution is 2.35. The van der Waals surface area contributed by atoms with Crippen LogP contribution in [-0.2, 0) is 6.42 Å². The number of hydrogen-bond acceptors (Lipinski definition) is 7. The van der Waals surface area contributed by atoms with Crippen LogP contribution in [0.1, 0.15) is 18.2 Å². The summed E-state index contributed by atoms with van der Waals surface area (Å²) in [7, 11) is 0. The largest absolute Gasteiger partial charge is 0.333 e. The number of imidazole rings is 1. The van der Waals surface area contributed by atoms with Crippen molar-refractivity contribution in [1.29, 1.82) is 5.26 Å². The fourth-order valence-corrected chi connectivity index (χ4v) is 3.35. The highest BCUT2D eigenvalue weighted by Gasteiger charge is 2.17. The number of benzene rings is 1. The number of nitrogens with one attached hydrogen (secondary N) is 2. The molecule has 138 valence electrons. The van der Waals surface area contributed by atoms with E-state index in [9.17, 15) is 0 Å². The number of nitriles is 1. The molecule has 0 spiro atoms. The summed E-state index contributed by atoms with van der Waals surface area (Å²) in [5, 5.41) is 12.8. The predicted octanol–water partition coefficient (Wildman–Crippen LogP) is 4.29. The molecule has 0 aliphatic rings. The molecule has 2 N–H and O–H groups in total. The van der Waals surface area contributed by atoms with Crippen molar-refractivity contribution >= 4 is 46.0 Å². The average Bonchev–Trinajstić information content (AvgIpc) is 3.12. The summed E-state index contributed by atoms with van der Waals surface area (Å²) in [4.78, 5) is 24.5. The predicted molar refractivity (Wildman–Crippen MR) is 107 cm³/mol. The summed E-state index contributed by atoms with van der Waals surface area (Å²) >= 11 is 12.6. The molecule has 0 saturated carbocycles. The van der Waals surface area contributed by atoms with Gasteiger partial charge in [0.15, 0.2) is 11.5 Å². The number of aromatic nitrogens is 6. The lowest BCUT2D eigenvalue weighted by Gasteiger charge is -2.06. The van der Waals surface area contributed by atoms with E-state index in [-0.39, 0.29) is 0 Å². The zero-order valence-electron chi connectivity index (χ0n) is 14.5. The van der Waals surface area contributed by atoms with Gasteiger partial charge < -0.3 is 10.3 Å². The van der Waals surface area contributed by atoms with Crippen LogP contribution in [0.25, 0.3) is 22.6 Å². The minimum absolute atomic E-state index is 0.314. The van der Waals surface area contributed by atoms with E-state index in [2.05, 4.69) is 35.2 Å². The maximum Gasteiger partial charge on any atom is 0.183 e. The molecule has 8 nitrogen and oxygen atoms in total. The van der Waals surface area contributed by atoms with E-state index in [1.54, 1.807) is 0 Å². The lowest BCUT2D eigenvalue weighted by Crippen LogP contribution is -1.99. The highest BCUT2D eigenvalue weighted by molar-refractivity contribution is 6.39. The number of fused-ring (bicyclic) bond motifs is 1. The smallest absolute Gasteiger partial charge is 0.183 e. The molecule has 10 heteroatoms. The van der Waals surface area contributed by atoms with Crippen molar-refractivity contribution in [1.82, 2.24) is 29.9 Å². The van der Waals surface area contributed by atoms with Crippen LogP contribution < -0.4 is 5.32 Å². The normalized spacial score (nSPS) is 10.8. The van der Waals surface area contributed by atoms with Crippen molar-refractivity contribution in [3.05, 3.63) is 52.2 Å². The number of halogens is 2. The van der Waals surface area contributed by atoms with E-state index in [4.69, 9.17) is 28.5 Å². The Labute approximate surface area is 169 Å². The molecule has 0 bridgehead atoms. The van der Waals surface area contributed by atoms with E-state index in [0.717, 1.165) is 12.1 Å². The highest BCUT2D eigenvalue weighted by atomic mass is 35.5. The Hall–Kier alpha value is -3.28. The Morgan fingerprint density at radius 3 is 2.54 bits per heavy atom. The minimum Gasteiger partial charge on any atom is -0.333 e. The molecule has 3 aromatic heterocycles. The fourth-order valence-electron chi connectivity index (χ4n) is 2.69. The second kappa shape index (κ2) is 7.38. The Balaban J connectivity index is 1.79. The quantitative estimate of drug-likeness (QED) is 0.514. The van der Waals surface area contributed by atoms with Crippen molar-refractivity contribution < 1.29 is 0 Å². The SMILES string of the molecule is CCc1cc(Nc2ncnc3nc(-c4c(Cl)cc(C#N)cc4Cl)[nH]c23)ncn1. The van der Waals surface area contributed by atoms with Crippen molar-refractivity contribution in [3.63, 3.8) is 0 Å². The molecule has 0 saturated heterocycles. The van der Waals surface area contributed by atoms with E-state index in [1.807, 2.05) is 19.1 Å². The van der Waals surface area contributed by atoms with Crippen LogP contribution in [0.5, 0.6) is 0 Å². The summed E-state index contributed by atoms with van der Waals surface area (Å²) in [5.74, 6) is 1.54. The molecular weight excluding hydrogens is 399 g/mol. The monoisotopic (exact) mass is 410 g/mol. The average molecular weight is 411 g/mol. The molecule has 0 unspecified atom stereocenters. The van der Waals surface area contributed by atoms with Gasteiger partial charge in [0.2, 0.25) is 0 Å². The number of rotatable bonds is 4. The van der Waals surface area contributed by atoms with Gasteiger partial charge in [0, 0.05) is 11.8 Å². The van der Waals surface area contributed by atoms with E-state index in [1.165, 1.54) is 24.8 Å². The third kappa shape index (κ3) is 3.33. The molecule has 4 rings (SSSR count). The van der Waals surface area contributed by atoms with Crippen LogP contribution in [0.4, 0.5) is 11.6 Å². The number of aromatic amines is 1. The number of anilines is 2. The molecule has 4 aromatic rings.